The first-order valence-corrected chi connectivity index (χ1v) is 7.00. The Labute approximate surface area is 109 Å². The van der Waals surface area contributed by atoms with Crippen LogP contribution in [0.25, 0.3) is 0 Å². The number of halogens is 1. The van der Waals surface area contributed by atoms with Crippen molar-refractivity contribution in [2.45, 2.75) is 13.3 Å². The Morgan fingerprint density at radius 1 is 1.31 bits per heavy atom. The van der Waals surface area contributed by atoms with E-state index in [1.165, 1.54) is 16.8 Å². The van der Waals surface area contributed by atoms with E-state index in [9.17, 15) is 0 Å². The third-order valence-electron chi connectivity index (χ3n) is 2.43. The molecule has 0 fully saturated rings. The third kappa shape index (κ3) is 3.09. The molecule has 0 aliphatic rings. The molecule has 0 aliphatic carbocycles. The number of hydrogen-bond acceptors (Lipinski definition) is 2. The smallest absolute Gasteiger partial charge is 0.0484 e. The molecule has 0 saturated heterocycles. The Balaban J connectivity index is 1.90. The van der Waals surface area contributed by atoms with Crippen LogP contribution in [0.15, 0.2) is 39.5 Å². The van der Waals surface area contributed by atoms with Gasteiger partial charge in [0, 0.05) is 16.7 Å². The van der Waals surface area contributed by atoms with Crippen LogP contribution in [-0.4, -0.2) is 6.54 Å². The molecule has 0 amide bonds. The van der Waals surface area contributed by atoms with Crippen molar-refractivity contribution in [3.63, 3.8) is 0 Å². The molecule has 1 aromatic carbocycles. The molecule has 1 aromatic heterocycles. The minimum Gasteiger partial charge on any atom is -0.384 e. The summed E-state index contributed by atoms with van der Waals surface area (Å²) >= 11 is 5.32. The van der Waals surface area contributed by atoms with Gasteiger partial charge in [-0.25, -0.2) is 0 Å². The highest BCUT2D eigenvalue weighted by Crippen LogP contribution is 2.23. The van der Waals surface area contributed by atoms with E-state index in [0.29, 0.717) is 0 Å². The average Bonchev–Trinajstić information content (AvgIpc) is 2.74. The van der Waals surface area contributed by atoms with Crippen molar-refractivity contribution in [3.8, 4) is 0 Å². The van der Waals surface area contributed by atoms with Crippen LogP contribution in [0, 0.1) is 6.92 Å². The summed E-state index contributed by atoms with van der Waals surface area (Å²) in [5, 5.41) is 7.76. The van der Waals surface area contributed by atoms with Gasteiger partial charge in [-0.1, -0.05) is 6.07 Å². The van der Waals surface area contributed by atoms with E-state index in [2.05, 4.69) is 63.2 Å². The van der Waals surface area contributed by atoms with Crippen LogP contribution >= 0.6 is 27.3 Å². The van der Waals surface area contributed by atoms with Crippen LogP contribution in [0.2, 0.25) is 0 Å². The summed E-state index contributed by atoms with van der Waals surface area (Å²) in [6, 6.07) is 8.55. The SMILES string of the molecule is Cc1ccc(NCCc2ccsc2)c(Br)c1. The summed E-state index contributed by atoms with van der Waals surface area (Å²) in [4.78, 5) is 0. The number of rotatable bonds is 4. The summed E-state index contributed by atoms with van der Waals surface area (Å²) < 4.78 is 1.14. The van der Waals surface area contributed by atoms with Crippen LogP contribution in [-0.2, 0) is 6.42 Å². The normalized spacial score (nSPS) is 10.4. The average molecular weight is 296 g/mol. The molecule has 0 radical (unpaired) electrons. The Morgan fingerprint density at radius 3 is 2.88 bits per heavy atom. The first-order chi connectivity index (χ1) is 7.75. The highest BCUT2D eigenvalue weighted by molar-refractivity contribution is 9.10. The molecule has 0 unspecified atom stereocenters. The molecule has 84 valence electrons. The zero-order chi connectivity index (χ0) is 11.4. The van der Waals surface area contributed by atoms with Crippen LogP contribution < -0.4 is 5.32 Å². The monoisotopic (exact) mass is 295 g/mol. The second-order valence-corrected chi connectivity index (χ2v) is 5.43. The fourth-order valence-corrected chi connectivity index (χ4v) is 2.88. The van der Waals surface area contributed by atoms with Crippen LogP contribution in [0.5, 0.6) is 0 Å². The lowest BCUT2D eigenvalue weighted by Crippen LogP contribution is -2.04. The predicted octanol–water partition coefficient (Wildman–Crippen LogP) is 4.47. The lowest BCUT2D eigenvalue weighted by atomic mass is 10.2. The van der Waals surface area contributed by atoms with E-state index < -0.39 is 0 Å². The molecule has 16 heavy (non-hydrogen) atoms. The van der Waals surface area contributed by atoms with Crippen molar-refractivity contribution >= 4 is 33.0 Å². The van der Waals surface area contributed by atoms with E-state index in [1.807, 2.05) is 0 Å². The zero-order valence-corrected chi connectivity index (χ0v) is 11.6. The van der Waals surface area contributed by atoms with Crippen molar-refractivity contribution in [2.75, 3.05) is 11.9 Å². The highest BCUT2D eigenvalue weighted by atomic mass is 79.9. The van der Waals surface area contributed by atoms with Crippen molar-refractivity contribution < 1.29 is 0 Å². The molecule has 0 bridgehead atoms. The minimum absolute atomic E-state index is 0.971. The topological polar surface area (TPSA) is 12.0 Å². The lowest BCUT2D eigenvalue weighted by molar-refractivity contribution is 1.03. The van der Waals surface area contributed by atoms with Crippen molar-refractivity contribution in [1.29, 1.82) is 0 Å². The number of aryl methyl sites for hydroxylation is 1. The highest BCUT2D eigenvalue weighted by Gasteiger charge is 1.99. The molecule has 0 aliphatic heterocycles. The van der Waals surface area contributed by atoms with Gasteiger partial charge in [0.25, 0.3) is 0 Å². The maximum Gasteiger partial charge on any atom is 0.0484 e. The van der Waals surface area contributed by atoms with Gasteiger partial charge in [-0.3, -0.25) is 0 Å². The van der Waals surface area contributed by atoms with E-state index in [0.717, 1.165) is 17.4 Å². The van der Waals surface area contributed by atoms with E-state index in [4.69, 9.17) is 0 Å². The summed E-state index contributed by atoms with van der Waals surface area (Å²) in [6.07, 6.45) is 1.07. The lowest BCUT2D eigenvalue weighted by Gasteiger charge is -2.08. The molecule has 0 atom stereocenters. The van der Waals surface area contributed by atoms with Gasteiger partial charge in [0.2, 0.25) is 0 Å². The minimum atomic E-state index is 0.971. The third-order valence-corrected chi connectivity index (χ3v) is 3.82. The van der Waals surface area contributed by atoms with Crippen LogP contribution in [0.4, 0.5) is 5.69 Å². The van der Waals surface area contributed by atoms with Crippen LogP contribution in [0.3, 0.4) is 0 Å². The molecule has 1 N–H and O–H groups in total. The number of nitrogens with one attached hydrogen (secondary N) is 1. The van der Waals surface area contributed by atoms with E-state index in [-0.39, 0.29) is 0 Å². The molecular formula is C13H14BrNS. The molecule has 0 saturated carbocycles. The van der Waals surface area contributed by atoms with Gasteiger partial charge in [-0.15, -0.1) is 0 Å². The molecule has 2 rings (SSSR count). The Morgan fingerprint density at radius 2 is 2.19 bits per heavy atom. The quantitative estimate of drug-likeness (QED) is 0.877. The van der Waals surface area contributed by atoms with Crippen molar-refractivity contribution in [3.05, 3.63) is 50.6 Å². The first kappa shape index (κ1) is 11.7. The molecule has 0 spiro atoms. The molecular weight excluding hydrogens is 282 g/mol. The maximum atomic E-state index is 3.57. The van der Waals surface area contributed by atoms with Crippen molar-refractivity contribution in [2.24, 2.45) is 0 Å². The number of anilines is 1. The number of benzene rings is 1. The summed E-state index contributed by atoms with van der Waals surface area (Å²) in [6.45, 7) is 3.07. The summed E-state index contributed by atoms with van der Waals surface area (Å²) in [7, 11) is 0. The summed E-state index contributed by atoms with van der Waals surface area (Å²) in [5.74, 6) is 0. The van der Waals surface area contributed by atoms with E-state index in [1.54, 1.807) is 11.3 Å². The largest absolute Gasteiger partial charge is 0.384 e. The fourth-order valence-electron chi connectivity index (χ4n) is 1.54. The van der Waals surface area contributed by atoms with Gasteiger partial charge in [0.15, 0.2) is 0 Å². The predicted molar refractivity (Wildman–Crippen MR) is 75.4 cm³/mol. The molecule has 1 nitrogen and oxygen atoms in total. The first-order valence-electron chi connectivity index (χ1n) is 5.27. The standard InChI is InChI=1S/C13H14BrNS/c1-10-2-3-13(12(14)8-10)15-6-4-11-5-7-16-9-11/h2-3,5,7-9,15H,4,6H2,1H3. The Kier molecular flexibility index (Phi) is 4.02. The Bertz CT molecular complexity index is 451. The van der Waals surface area contributed by atoms with Gasteiger partial charge in [-0.2, -0.15) is 11.3 Å². The van der Waals surface area contributed by atoms with Crippen LogP contribution in [0.1, 0.15) is 11.1 Å². The fraction of sp³-hybridized carbons (Fsp3) is 0.231. The van der Waals surface area contributed by atoms with Crippen molar-refractivity contribution in [1.82, 2.24) is 0 Å². The second-order valence-electron chi connectivity index (χ2n) is 3.79. The van der Waals surface area contributed by atoms with Gasteiger partial charge in [0.1, 0.15) is 0 Å². The Hall–Kier alpha value is -0.800. The number of thiophene rings is 1. The maximum absolute atomic E-state index is 3.57. The molecule has 3 heteroatoms. The van der Waals surface area contributed by atoms with Gasteiger partial charge in [0.05, 0.1) is 0 Å². The molecule has 2 aromatic rings. The van der Waals surface area contributed by atoms with E-state index >= 15 is 0 Å². The number of hydrogen-bond donors (Lipinski definition) is 1. The van der Waals surface area contributed by atoms with Gasteiger partial charge >= 0.3 is 0 Å². The van der Waals surface area contributed by atoms with Gasteiger partial charge in [-0.05, 0) is 69.4 Å². The molecule has 1 heterocycles. The zero-order valence-electron chi connectivity index (χ0n) is 9.16. The summed E-state index contributed by atoms with van der Waals surface area (Å²) in [5.41, 5.74) is 3.84. The second kappa shape index (κ2) is 5.51. The van der Waals surface area contributed by atoms with Gasteiger partial charge < -0.3 is 5.32 Å².